The van der Waals surface area contributed by atoms with E-state index in [1.165, 1.54) is 99.8 Å². The van der Waals surface area contributed by atoms with Gasteiger partial charge in [-0.3, -0.25) is 0 Å². The fourth-order valence-corrected chi connectivity index (χ4v) is 12.5. The van der Waals surface area contributed by atoms with Crippen LogP contribution in [0.15, 0.2) is 261 Å². The van der Waals surface area contributed by atoms with Crippen molar-refractivity contribution in [2.45, 2.75) is 10.8 Å². The minimum Gasteiger partial charge on any atom is -0.309 e. The van der Waals surface area contributed by atoms with E-state index in [0.717, 1.165) is 17.1 Å². The maximum Gasteiger partial charge on any atom is 0.0726 e. The van der Waals surface area contributed by atoms with Crippen LogP contribution in [-0.2, 0) is 10.8 Å². The molecular formula is C66H43N. The van der Waals surface area contributed by atoms with E-state index in [2.05, 4.69) is 266 Å². The Labute approximate surface area is 391 Å². The summed E-state index contributed by atoms with van der Waals surface area (Å²) in [4.78, 5) is 2.59. The van der Waals surface area contributed by atoms with E-state index in [-0.39, 0.29) is 0 Å². The second-order valence-electron chi connectivity index (χ2n) is 18.3. The van der Waals surface area contributed by atoms with Crippen molar-refractivity contribution < 1.29 is 0 Å². The maximum absolute atomic E-state index is 2.59. The molecule has 14 rings (SSSR count). The van der Waals surface area contributed by atoms with E-state index < -0.39 is 10.8 Å². The van der Waals surface area contributed by atoms with Crippen LogP contribution in [0.2, 0.25) is 0 Å². The Balaban J connectivity index is 1.09. The normalized spacial score (nSPS) is 15.3. The van der Waals surface area contributed by atoms with Crippen molar-refractivity contribution in [1.82, 2.24) is 0 Å². The first-order valence-corrected chi connectivity index (χ1v) is 23.4. The van der Waals surface area contributed by atoms with Gasteiger partial charge in [-0.25, -0.2) is 0 Å². The Kier molecular flexibility index (Phi) is 8.18. The number of fused-ring (bicyclic) bond motifs is 14. The Morgan fingerprint density at radius 1 is 0.254 bits per heavy atom. The lowest BCUT2D eigenvalue weighted by molar-refractivity contribution is 0.768. The van der Waals surface area contributed by atoms with Crippen LogP contribution >= 0.6 is 0 Å². The molecule has 1 unspecified atom stereocenters. The zero-order chi connectivity index (χ0) is 44.1. The highest BCUT2D eigenvalue weighted by Gasteiger charge is 2.53. The van der Waals surface area contributed by atoms with Crippen molar-refractivity contribution in [1.29, 1.82) is 0 Å². The molecule has 11 aromatic rings. The molecule has 0 saturated heterocycles. The summed E-state index contributed by atoms with van der Waals surface area (Å²) in [6, 6.07) is 97.7. The van der Waals surface area contributed by atoms with Crippen LogP contribution in [-0.4, -0.2) is 0 Å². The fourth-order valence-electron chi connectivity index (χ4n) is 12.5. The van der Waals surface area contributed by atoms with Gasteiger partial charge in [-0.15, -0.1) is 0 Å². The molecule has 0 aromatic heterocycles. The summed E-state index contributed by atoms with van der Waals surface area (Å²) < 4.78 is 0. The van der Waals surface area contributed by atoms with E-state index >= 15 is 0 Å². The second kappa shape index (κ2) is 14.5. The molecule has 67 heavy (non-hydrogen) atoms. The molecule has 3 aliphatic carbocycles. The van der Waals surface area contributed by atoms with Gasteiger partial charge in [0.15, 0.2) is 0 Å². The molecule has 0 heterocycles. The quantitative estimate of drug-likeness (QED) is 0.161. The zero-order valence-electron chi connectivity index (χ0n) is 36.8. The van der Waals surface area contributed by atoms with Crippen LogP contribution < -0.4 is 4.90 Å². The number of hydrogen-bond acceptors (Lipinski definition) is 1. The van der Waals surface area contributed by atoms with Gasteiger partial charge in [-0.1, -0.05) is 231 Å². The van der Waals surface area contributed by atoms with Crippen molar-refractivity contribution in [3.8, 4) is 44.5 Å². The van der Waals surface area contributed by atoms with E-state index in [4.69, 9.17) is 0 Å². The van der Waals surface area contributed by atoms with Gasteiger partial charge in [0.2, 0.25) is 0 Å². The predicted octanol–water partition coefficient (Wildman–Crippen LogP) is 16.7. The third kappa shape index (κ3) is 5.14. The lowest BCUT2D eigenvalue weighted by Gasteiger charge is -2.35. The maximum atomic E-state index is 2.59. The summed E-state index contributed by atoms with van der Waals surface area (Å²) in [5, 5.41) is 2.43. The minimum atomic E-state index is -0.539. The third-order valence-corrected chi connectivity index (χ3v) is 15.1. The number of nitrogens with zero attached hydrogens (tertiary/aromatic N) is 1. The molecule has 1 heteroatoms. The van der Waals surface area contributed by atoms with Gasteiger partial charge in [0.1, 0.15) is 0 Å². The smallest absolute Gasteiger partial charge is 0.0726 e. The van der Waals surface area contributed by atoms with Crippen molar-refractivity contribution in [3.05, 3.63) is 305 Å². The highest BCUT2D eigenvalue weighted by Crippen LogP contribution is 2.66. The summed E-state index contributed by atoms with van der Waals surface area (Å²) in [6.07, 6.45) is 0. The molecule has 0 amide bonds. The standard InChI is InChI=1S/C66H43N/c1-4-20-44(21-5-1)47-39-41-52-51-28-12-15-31-55(51)66(60(52)43-47)57-33-17-14-30-54(57)64-59(66)35-19-37-62(64)67(50-40-38-45-22-10-11-23-46(45)42-50)61-36-18-34-58-63(61)53-29-13-16-32-56(53)65(58,48-24-6-2-7-25-48)49-26-8-3-9-27-49/h1-43H. The largest absolute Gasteiger partial charge is 0.309 e. The third-order valence-electron chi connectivity index (χ3n) is 15.1. The first kappa shape index (κ1) is 37.8. The van der Waals surface area contributed by atoms with E-state index in [1.54, 1.807) is 0 Å². The topological polar surface area (TPSA) is 3.24 Å². The average molecular weight is 850 g/mol. The monoisotopic (exact) mass is 849 g/mol. The van der Waals surface area contributed by atoms with E-state index in [9.17, 15) is 0 Å². The first-order valence-electron chi connectivity index (χ1n) is 23.4. The first-order chi connectivity index (χ1) is 33.3. The molecular weight excluding hydrogens is 807 g/mol. The van der Waals surface area contributed by atoms with Gasteiger partial charge < -0.3 is 4.90 Å². The van der Waals surface area contributed by atoms with Crippen molar-refractivity contribution in [2.75, 3.05) is 4.90 Å². The van der Waals surface area contributed by atoms with Gasteiger partial charge in [0.25, 0.3) is 0 Å². The molecule has 11 aromatic carbocycles. The van der Waals surface area contributed by atoms with Crippen LogP contribution in [0.4, 0.5) is 17.1 Å². The van der Waals surface area contributed by atoms with E-state index in [1.807, 2.05) is 0 Å². The summed E-state index contributed by atoms with van der Waals surface area (Å²) in [5.74, 6) is 0. The van der Waals surface area contributed by atoms with E-state index in [0.29, 0.717) is 0 Å². The van der Waals surface area contributed by atoms with Crippen LogP contribution in [0.3, 0.4) is 0 Å². The van der Waals surface area contributed by atoms with Crippen LogP contribution in [0, 0.1) is 0 Å². The number of rotatable bonds is 6. The van der Waals surface area contributed by atoms with Gasteiger partial charge in [-0.2, -0.15) is 0 Å². The van der Waals surface area contributed by atoms with Gasteiger partial charge in [0, 0.05) is 16.8 Å². The Morgan fingerprint density at radius 2 is 0.716 bits per heavy atom. The molecule has 0 radical (unpaired) electrons. The molecule has 0 N–H and O–H groups in total. The van der Waals surface area contributed by atoms with Gasteiger partial charge >= 0.3 is 0 Å². The summed E-state index contributed by atoms with van der Waals surface area (Å²) in [5.41, 5.74) is 22.8. The number of benzene rings is 11. The van der Waals surface area contributed by atoms with Crippen LogP contribution in [0.1, 0.15) is 44.5 Å². The van der Waals surface area contributed by atoms with Gasteiger partial charge in [0.05, 0.1) is 22.2 Å². The fraction of sp³-hybridized carbons (Fsp3) is 0.0303. The summed E-state index contributed by atoms with van der Waals surface area (Å²) >= 11 is 0. The van der Waals surface area contributed by atoms with Crippen molar-refractivity contribution in [3.63, 3.8) is 0 Å². The second-order valence-corrected chi connectivity index (χ2v) is 18.3. The van der Waals surface area contributed by atoms with Crippen molar-refractivity contribution in [2.24, 2.45) is 0 Å². The van der Waals surface area contributed by atoms with Gasteiger partial charge in [-0.05, 0) is 119 Å². The Hall–Kier alpha value is -8.52. The summed E-state index contributed by atoms with van der Waals surface area (Å²) in [6.45, 7) is 0. The SMILES string of the molecule is c1ccc(-c2ccc3c(c2)C2(c4ccccc4-3)c3ccccc3-c3c(N(c4ccc5ccccc5c4)c4cccc5c4-c4ccccc4C5(c4ccccc4)c4ccccc4)cccc32)cc1. The summed E-state index contributed by atoms with van der Waals surface area (Å²) in [7, 11) is 0. The molecule has 3 aliphatic rings. The average Bonchev–Trinajstić information content (AvgIpc) is 4.00. The van der Waals surface area contributed by atoms with Crippen LogP contribution in [0.5, 0.6) is 0 Å². The molecule has 1 atom stereocenters. The lowest BCUT2D eigenvalue weighted by Crippen LogP contribution is -2.28. The molecule has 0 saturated carbocycles. The minimum absolute atomic E-state index is 0.533. The molecule has 1 spiro atoms. The predicted molar refractivity (Wildman–Crippen MR) is 278 cm³/mol. The molecule has 0 bridgehead atoms. The zero-order valence-corrected chi connectivity index (χ0v) is 36.8. The van der Waals surface area contributed by atoms with Crippen LogP contribution in [0.25, 0.3) is 55.3 Å². The number of anilines is 3. The molecule has 0 fully saturated rings. The van der Waals surface area contributed by atoms with Crippen molar-refractivity contribution >= 4 is 27.8 Å². The molecule has 312 valence electrons. The molecule has 1 nitrogen and oxygen atoms in total. The highest BCUT2D eigenvalue weighted by molar-refractivity contribution is 6.05. The Morgan fingerprint density at radius 3 is 1.34 bits per heavy atom. The lowest BCUT2D eigenvalue weighted by atomic mass is 9.68. The Bertz CT molecular complexity index is 3720. The number of hydrogen-bond donors (Lipinski definition) is 0. The highest BCUT2D eigenvalue weighted by atomic mass is 15.1. The molecule has 0 aliphatic heterocycles.